The monoisotopic (exact) mass is 992 g/mol. The molecule has 7 aromatic rings. The number of aromatic nitrogens is 4. The number of halogens is 1. The molecule has 4 amide bonds. The van der Waals surface area contributed by atoms with Crippen molar-refractivity contribution in [1.82, 2.24) is 28.9 Å². The number of carbonyl (C=O) groups excluding carboxylic acids is 4. The Kier molecular flexibility index (Phi) is 14.0. The summed E-state index contributed by atoms with van der Waals surface area (Å²) < 4.78 is 20.5. The van der Waals surface area contributed by atoms with E-state index in [1.54, 1.807) is 72.7 Å². The summed E-state index contributed by atoms with van der Waals surface area (Å²) in [4.78, 5) is 67.9. The van der Waals surface area contributed by atoms with E-state index >= 15 is 4.39 Å². The van der Waals surface area contributed by atoms with Crippen LogP contribution in [0.4, 0.5) is 15.8 Å². The molecule has 0 unspecified atom stereocenters. The maximum Gasteiger partial charge on any atom is 0.257 e. The smallest absolute Gasteiger partial charge is 0.257 e. The van der Waals surface area contributed by atoms with Crippen molar-refractivity contribution in [3.05, 3.63) is 152 Å². The first-order valence-corrected chi connectivity index (χ1v) is 25.3. The first-order chi connectivity index (χ1) is 35.3. The van der Waals surface area contributed by atoms with Crippen LogP contribution in [0.5, 0.6) is 0 Å². The van der Waals surface area contributed by atoms with Crippen LogP contribution in [0.1, 0.15) is 141 Å². The number of pyridine rings is 2. The van der Waals surface area contributed by atoms with Crippen LogP contribution < -0.4 is 10.6 Å². The zero-order chi connectivity index (χ0) is 52.7. The molecule has 14 nitrogen and oxygen atoms in total. The van der Waals surface area contributed by atoms with Crippen molar-refractivity contribution in [3.8, 4) is 12.1 Å². The second-order valence-electron chi connectivity index (χ2n) is 21.2. The molecule has 15 heteroatoms. The van der Waals surface area contributed by atoms with Crippen molar-refractivity contribution in [2.24, 2.45) is 18.4 Å². The van der Waals surface area contributed by atoms with E-state index < -0.39 is 5.82 Å². The number of benzene rings is 3. The second kappa shape index (κ2) is 20.4. The Balaban J connectivity index is 0.936. The molecule has 9 rings (SSSR count). The van der Waals surface area contributed by atoms with Gasteiger partial charge in [0.05, 0.1) is 52.6 Å². The summed E-state index contributed by atoms with van der Waals surface area (Å²) in [5.74, 6) is -1.45. The Labute approximate surface area is 430 Å². The van der Waals surface area contributed by atoms with E-state index in [-0.39, 0.29) is 58.9 Å². The Bertz CT molecular complexity index is 3460. The number of aryl methyl sites for hydroxylation is 4. The average Bonchev–Trinajstić information content (AvgIpc) is 3.94. The molecule has 74 heavy (non-hydrogen) atoms. The number of rotatable bonds is 10. The van der Waals surface area contributed by atoms with Crippen molar-refractivity contribution in [2.75, 3.05) is 36.8 Å². The number of nitrogens with one attached hydrogen (secondary N) is 2. The predicted molar refractivity (Wildman–Crippen MR) is 283 cm³/mol. The number of likely N-dealkylation sites (tertiary alicyclic amines) is 2. The van der Waals surface area contributed by atoms with Crippen LogP contribution in [0, 0.1) is 60.6 Å². The van der Waals surface area contributed by atoms with Gasteiger partial charge < -0.3 is 29.6 Å². The maximum absolute atomic E-state index is 16.5. The molecule has 0 bridgehead atoms. The van der Waals surface area contributed by atoms with E-state index in [1.165, 1.54) is 6.07 Å². The van der Waals surface area contributed by atoms with Gasteiger partial charge >= 0.3 is 0 Å². The number of carbonyl (C=O) groups is 4. The molecule has 4 aromatic heterocycles. The number of fused-ring (bicyclic) bond motifs is 2. The van der Waals surface area contributed by atoms with Crippen LogP contribution in [0.3, 0.4) is 0 Å². The van der Waals surface area contributed by atoms with Crippen LogP contribution in [-0.4, -0.2) is 78.7 Å². The number of hydrogen-bond acceptors (Lipinski definition) is 8. The zero-order valence-electron chi connectivity index (χ0n) is 43.3. The molecule has 2 N–H and O–H groups in total. The van der Waals surface area contributed by atoms with Gasteiger partial charge in [-0.1, -0.05) is 45.9 Å². The number of hydrogen-bond donors (Lipinski definition) is 2. The molecule has 2 aliphatic heterocycles. The average molecular weight is 993 g/mol. The normalized spacial score (nSPS) is 15.0. The Morgan fingerprint density at radius 1 is 0.730 bits per heavy atom. The van der Waals surface area contributed by atoms with E-state index in [9.17, 15) is 29.7 Å². The third-order valence-electron chi connectivity index (χ3n) is 15.5. The fourth-order valence-corrected chi connectivity index (χ4v) is 10.8. The molecular weight excluding hydrogens is 932 g/mol. The molecule has 3 aromatic carbocycles. The van der Waals surface area contributed by atoms with E-state index in [4.69, 9.17) is 9.97 Å². The summed E-state index contributed by atoms with van der Waals surface area (Å²) in [5, 5.41) is 26.6. The van der Waals surface area contributed by atoms with Gasteiger partial charge in [-0.05, 0) is 140 Å². The molecule has 2 fully saturated rings. The third-order valence-corrected chi connectivity index (χ3v) is 15.5. The standard InChI is InChI=1S/C59H61FN10O4/c1-34-23-40(26-47(60)50(34)58(74)69-21-17-41(18-22-69)45-32-67(8)53-51(45)35(2)48(29-63-53)65-55(71)43-13-9-11-38(24-43)27-61)31-70-33-46(42-15-19-68(20-16-42)57(73)37(4)59(5,6)7)52-36(3)49(30-64-54(52)70)66-56(72)44-14-10-12-39(25-44)28-62/h9-14,23-26,29-30,32-33,37,41-42H,15-22,31H2,1-8H3,(H,65,71)(H,66,72)/t37-/m0/s1. The van der Waals surface area contributed by atoms with Crippen LogP contribution in [0.2, 0.25) is 0 Å². The molecule has 2 saturated heterocycles. The third kappa shape index (κ3) is 9.86. The summed E-state index contributed by atoms with van der Waals surface area (Å²) in [5.41, 5.74) is 8.93. The summed E-state index contributed by atoms with van der Waals surface area (Å²) >= 11 is 0. The van der Waals surface area contributed by atoms with Gasteiger partial charge in [0.1, 0.15) is 17.1 Å². The van der Waals surface area contributed by atoms with Gasteiger partial charge in [-0.2, -0.15) is 10.5 Å². The molecule has 0 aliphatic carbocycles. The Hall–Kier alpha value is -8.17. The first-order valence-electron chi connectivity index (χ1n) is 25.3. The van der Waals surface area contributed by atoms with Gasteiger partial charge in [0.15, 0.2) is 0 Å². The van der Waals surface area contributed by atoms with Gasteiger partial charge in [-0.15, -0.1) is 0 Å². The van der Waals surface area contributed by atoms with E-state index in [0.717, 1.165) is 51.5 Å². The van der Waals surface area contributed by atoms with E-state index in [0.29, 0.717) is 89.4 Å². The van der Waals surface area contributed by atoms with E-state index in [1.807, 2.05) is 47.9 Å². The van der Waals surface area contributed by atoms with Crippen molar-refractivity contribution < 1.29 is 23.6 Å². The van der Waals surface area contributed by atoms with Crippen LogP contribution in [0.15, 0.2) is 85.5 Å². The summed E-state index contributed by atoms with van der Waals surface area (Å²) in [6, 6.07) is 20.5. The van der Waals surface area contributed by atoms with Crippen LogP contribution >= 0.6 is 0 Å². The van der Waals surface area contributed by atoms with Gasteiger partial charge in [-0.25, -0.2) is 14.4 Å². The number of anilines is 2. The summed E-state index contributed by atoms with van der Waals surface area (Å²) in [6.45, 7) is 16.3. The van der Waals surface area contributed by atoms with Gasteiger partial charge in [0, 0.05) is 80.0 Å². The Morgan fingerprint density at radius 3 is 1.74 bits per heavy atom. The lowest BCUT2D eigenvalue weighted by Crippen LogP contribution is -2.43. The highest BCUT2D eigenvalue weighted by Crippen LogP contribution is 2.40. The molecular formula is C59H61FN10O4. The quantitative estimate of drug-likeness (QED) is 0.136. The minimum atomic E-state index is -0.593. The van der Waals surface area contributed by atoms with Crippen LogP contribution in [-0.2, 0) is 18.4 Å². The zero-order valence-corrected chi connectivity index (χ0v) is 43.3. The molecule has 0 radical (unpaired) electrons. The molecule has 2 aliphatic rings. The predicted octanol–water partition coefficient (Wildman–Crippen LogP) is 10.7. The highest BCUT2D eigenvalue weighted by Gasteiger charge is 2.35. The number of nitriles is 2. The SMILES string of the molecule is Cc1cc(Cn2cc(C3CCN(C(=O)[C@H](C)C(C)(C)C)CC3)c3c(C)c(NC(=O)c4cccc(C#N)c4)cnc32)cc(F)c1C(=O)N1CCC(c2cn(C)c3ncc(NC(=O)c4cccc(C#N)c4)c(C)c23)CC1. The highest BCUT2D eigenvalue weighted by atomic mass is 19.1. The topological polar surface area (TPSA) is 182 Å². The molecule has 378 valence electrons. The van der Waals surface area contributed by atoms with Crippen molar-refractivity contribution in [3.63, 3.8) is 0 Å². The number of piperidine rings is 2. The minimum Gasteiger partial charge on any atom is -0.342 e. The summed E-state index contributed by atoms with van der Waals surface area (Å²) in [6.07, 6.45) is 10.2. The molecule has 0 saturated carbocycles. The molecule has 0 spiro atoms. The van der Waals surface area contributed by atoms with Crippen LogP contribution in [0.25, 0.3) is 22.1 Å². The van der Waals surface area contributed by atoms with Gasteiger partial charge in [0.25, 0.3) is 17.7 Å². The maximum atomic E-state index is 16.5. The number of amides is 4. The van der Waals surface area contributed by atoms with Crippen molar-refractivity contribution in [2.45, 2.75) is 92.5 Å². The highest BCUT2D eigenvalue weighted by molar-refractivity contribution is 6.07. The van der Waals surface area contributed by atoms with E-state index in [2.05, 4.69) is 55.9 Å². The largest absolute Gasteiger partial charge is 0.342 e. The lowest BCUT2D eigenvalue weighted by molar-refractivity contribution is -0.139. The fraction of sp³-hybridized carbons (Fsp3) is 0.356. The summed E-state index contributed by atoms with van der Waals surface area (Å²) in [7, 11) is 1.94. The molecule has 1 atom stereocenters. The fourth-order valence-electron chi connectivity index (χ4n) is 10.8. The lowest BCUT2D eigenvalue weighted by atomic mass is 9.80. The number of nitrogens with zero attached hydrogens (tertiary/aromatic N) is 8. The van der Waals surface area contributed by atoms with Gasteiger partial charge in [-0.3, -0.25) is 19.2 Å². The Morgan fingerprint density at radius 2 is 1.23 bits per heavy atom. The molecule has 6 heterocycles. The lowest BCUT2D eigenvalue weighted by Gasteiger charge is -2.37. The van der Waals surface area contributed by atoms with Gasteiger partial charge in [0.2, 0.25) is 5.91 Å². The van der Waals surface area contributed by atoms with Crippen molar-refractivity contribution in [1.29, 1.82) is 10.5 Å². The first kappa shape index (κ1) is 50.8. The second-order valence-corrected chi connectivity index (χ2v) is 21.2. The van der Waals surface area contributed by atoms with Crippen molar-refractivity contribution >= 4 is 57.1 Å². The minimum absolute atomic E-state index is 0.0490.